The molecule has 0 saturated carbocycles. The molecule has 1 rings (SSSR count). The molecule has 0 N–H and O–H groups in total. The molecule has 0 aromatic heterocycles. The summed E-state index contributed by atoms with van der Waals surface area (Å²) in [6, 6.07) is 9.85. The molecule has 0 aliphatic rings. The van der Waals surface area contributed by atoms with E-state index in [0.29, 0.717) is 0 Å². The first-order valence-electron chi connectivity index (χ1n) is 2.37. The fourth-order valence-corrected chi connectivity index (χ4v) is 0.692. The maximum atomic E-state index is 4.83. The number of benzene rings is 1. The fourth-order valence-electron chi connectivity index (χ4n) is 0.511. The van der Waals surface area contributed by atoms with Crippen LogP contribution in [-0.2, 0) is 15.6 Å². The molecule has 0 saturated heterocycles. The second-order valence-electron chi connectivity index (χ2n) is 1.50. The monoisotopic (exact) mass is 153 g/mol. The Morgan fingerprint density at radius 2 is 1.75 bits per heavy atom. The molecular formula is C7H6Cu. The topological polar surface area (TPSA) is 0 Å². The van der Waals surface area contributed by atoms with Crippen LogP contribution in [0.5, 0.6) is 0 Å². The Balaban J connectivity index is 2.99. The van der Waals surface area contributed by atoms with Gasteiger partial charge in [0, 0.05) is 0 Å². The maximum absolute atomic E-state index is 4.83. The molecular weight excluding hydrogens is 148 g/mol. The van der Waals surface area contributed by atoms with Crippen molar-refractivity contribution in [3.8, 4) is 0 Å². The summed E-state index contributed by atoms with van der Waals surface area (Å²) in [5, 5.41) is 0. The zero-order chi connectivity index (χ0) is 5.82. The molecule has 0 spiro atoms. The number of hydrogen-bond donors (Lipinski definition) is 0. The van der Waals surface area contributed by atoms with E-state index in [9.17, 15) is 0 Å². The number of hydrogen-bond acceptors (Lipinski definition) is 0. The molecule has 0 atom stereocenters. The van der Waals surface area contributed by atoms with Crippen molar-refractivity contribution in [2.24, 2.45) is 0 Å². The molecule has 0 unspecified atom stereocenters. The van der Waals surface area contributed by atoms with Crippen molar-refractivity contribution >= 4 is 4.92 Å². The van der Waals surface area contributed by atoms with Gasteiger partial charge in [0.25, 0.3) is 0 Å². The SMILES string of the molecule is [Cu]=[CH]c1ccccc1. The Labute approximate surface area is 56.9 Å². The van der Waals surface area contributed by atoms with Crippen LogP contribution in [0.1, 0.15) is 5.56 Å². The van der Waals surface area contributed by atoms with Crippen molar-refractivity contribution in [2.45, 2.75) is 0 Å². The van der Waals surface area contributed by atoms with E-state index in [1.165, 1.54) is 0 Å². The van der Waals surface area contributed by atoms with Gasteiger partial charge in [0.1, 0.15) is 0 Å². The van der Waals surface area contributed by atoms with Crippen molar-refractivity contribution in [3.63, 3.8) is 0 Å². The summed E-state index contributed by atoms with van der Waals surface area (Å²) in [5.74, 6) is 0. The van der Waals surface area contributed by atoms with Crippen LogP contribution in [0.15, 0.2) is 30.3 Å². The van der Waals surface area contributed by atoms with Crippen molar-refractivity contribution in [3.05, 3.63) is 35.9 Å². The first-order chi connectivity index (χ1) is 3.93. The normalized spacial score (nSPS) is 8.75. The summed E-state index contributed by atoms with van der Waals surface area (Å²) >= 11 is 4.83. The summed E-state index contributed by atoms with van der Waals surface area (Å²) in [5.41, 5.74) is 1.09. The van der Waals surface area contributed by atoms with E-state index in [0.717, 1.165) is 5.56 Å². The fraction of sp³-hybridized carbons (Fsp3) is 0. The number of rotatable bonds is 1. The van der Waals surface area contributed by atoms with Gasteiger partial charge in [-0.1, -0.05) is 0 Å². The van der Waals surface area contributed by atoms with Gasteiger partial charge in [-0.25, -0.2) is 0 Å². The predicted molar refractivity (Wildman–Crippen MR) is 31.6 cm³/mol. The summed E-state index contributed by atoms with van der Waals surface area (Å²) in [4.78, 5) is 1.65. The zero-order valence-electron chi connectivity index (χ0n) is 4.27. The summed E-state index contributed by atoms with van der Waals surface area (Å²) in [7, 11) is 0. The molecule has 0 nitrogen and oxygen atoms in total. The van der Waals surface area contributed by atoms with E-state index in [2.05, 4.69) is 0 Å². The van der Waals surface area contributed by atoms with Gasteiger partial charge in [-0.15, -0.1) is 0 Å². The van der Waals surface area contributed by atoms with Crippen LogP contribution in [-0.4, -0.2) is 4.92 Å². The molecule has 0 aliphatic carbocycles. The first-order valence-corrected chi connectivity index (χ1v) is 2.92. The molecule has 1 heteroatoms. The van der Waals surface area contributed by atoms with Gasteiger partial charge in [-0.05, 0) is 0 Å². The molecule has 1 aromatic rings. The van der Waals surface area contributed by atoms with E-state index in [1.54, 1.807) is 4.92 Å². The predicted octanol–water partition coefficient (Wildman–Crippen LogP) is 1.38. The Kier molecular flexibility index (Phi) is 2.01. The zero-order valence-corrected chi connectivity index (χ0v) is 5.21. The third-order valence-corrected chi connectivity index (χ3v) is 1.21. The van der Waals surface area contributed by atoms with Crippen molar-refractivity contribution in [1.82, 2.24) is 0 Å². The molecule has 0 amide bonds. The van der Waals surface area contributed by atoms with Crippen LogP contribution < -0.4 is 0 Å². The first kappa shape index (κ1) is 5.74. The average Bonchev–Trinajstić information content (AvgIpc) is 1.90. The molecule has 8 heavy (non-hydrogen) atoms. The molecule has 0 fully saturated rings. The van der Waals surface area contributed by atoms with Gasteiger partial charge in [0.2, 0.25) is 0 Å². The molecule has 45 valence electrons. The van der Waals surface area contributed by atoms with Crippen LogP contribution in [0.2, 0.25) is 0 Å². The van der Waals surface area contributed by atoms with E-state index >= 15 is 0 Å². The minimum atomic E-state index is 1.09. The third-order valence-electron chi connectivity index (χ3n) is 0.900. The van der Waals surface area contributed by atoms with Crippen molar-refractivity contribution < 1.29 is 15.6 Å². The van der Waals surface area contributed by atoms with E-state index in [4.69, 9.17) is 15.6 Å². The Morgan fingerprint density at radius 3 is 2.12 bits per heavy atom. The van der Waals surface area contributed by atoms with Crippen LogP contribution in [0.25, 0.3) is 0 Å². The van der Waals surface area contributed by atoms with Gasteiger partial charge in [-0.3, -0.25) is 0 Å². The standard InChI is InChI=1S/C7H6.Cu/c1-7-5-3-2-4-6-7;/h1-6H;. The summed E-state index contributed by atoms with van der Waals surface area (Å²) < 4.78 is 0. The Morgan fingerprint density at radius 1 is 1.12 bits per heavy atom. The van der Waals surface area contributed by atoms with Crippen LogP contribution >= 0.6 is 0 Å². The second kappa shape index (κ2) is 2.81. The third kappa shape index (κ3) is 1.29. The van der Waals surface area contributed by atoms with Gasteiger partial charge < -0.3 is 0 Å². The summed E-state index contributed by atoms with van der Waals surface area (Å²) in [6.45, 7) is 0. The van der Waals surface area contributed by atoms with Gasteiger partial charge in [0.15, 0.2) is 0 Å². The van der Waals surface area contributed by atoms with Gasteiger partial charge >= 0.3 is 56.4 Å². The molecule has 0 heterocycles. The van der Waals surface area contributed by atoms with Crippen molar-refractivity contribution in [2.75, 3.05) is 0 Å². The minimum absolute atomic E-state index is 1.09. The Bertz CT molecular complexity index is 167. The molecule has 0 aliphatic heterocycles. The molecule has 0 radical (unpaired) electrons. The van der Waals surface area contributed by atoms with E-state index < -0.39 is 0 Å². The average molecular weight is 154 g/mol. The quantitative estimate of drug-likeness (QED) is 0.535. The Hall–Kier alpha value is -0.391. The summed E-state index contributed by atoms with van der Waals surface area (Å²) in [6.07, 6.45) is 0. The van der Waals surface area contributed by atoms with Crippen LogP contribution in [0.4, 0.5) is 0 Å². The van der Waals surface area contributed by atoms with Gasteiger partial charge in [-0.2, -0.15) is 0 Å². The van der Waals surface area contributed by atoms with Crippen LogP contribution in [0, 0.1) is 0 Å². The molecule has 0 bridgehead atoms. The van der Waals surface area contributed by atoms with E-state index in [-0.39, 0.29) is 0 Å². The van der Waals surface area contributed by atoms with E-state index in [1.807, 2.05) is 30.3 Å². The molecule has 1 aromatic carbocycles. The van der Waals surface area contributed by atoms with Gasteiger partial charge in [0.05, 0.1) is 0 Å². The van der Waals surface area contributed by atoms with Crippen LogP contribution in [0.3, 0.4) is 0 Å². The second-order valence-corrected chi connectivity index (χ2v) is 1.77. The van der Waals surface area contributed by atoms with Crippen molar-refractivity contribution in [1.29, 1.82) is 0 Å².